The maximum absolute atomic E-state index is 5.58. The SMILES string of the molecule is CC(N)CNc1ncncc1I. The second kappa shape index (κ2) is 4.56. The zero-order valence-corrected chi connectivity index (χ0v) is 8.95. The van der Waals surface area contributed by atoms with Gasteiger partial charge < -0.3 is 11.1 Å². The lowest BCUT2D eigenvalue weighted by Gasteiger charge is -2.08. The van der Waals surface area contributed by atoms with Crippen LogP contribution in [0.3, 0.4) is 0 Å². The fourth-order valence-electron chi connectivity index (χ4n) is 0.700. The second-order valence-electron chi connectivity index (χ2n) is 2.58. The summed E-state index contributed by atoms with van der Waals surface area (Å²) in [5, 5.41) is 3.13. The molecule has 66 valence electrons. The molecule has 0 aliphatic rings. The van der Waals surface area contributed by atoms with E-state index in [4.69, 9.17) is 5.73 Å². The number of aromatic nitrogens is 2. The summed E-state index contributed by atoms with van der Waals surface area (Å²) in [4.78, 5) is 7.95. The Morgan fingerprint density at radius 1 is 1.75 bits per heavy atom. The fraction of sp³-hybridized carbons (Fsp3) is 0.429. The molecule has 5 heteroatoms. The van der Waals surface area contributed by atoms with Crippen molar-refractivity contribution in [1.82, 2.24) is 9.97 Å². The third-order valence-electron chi connectivity index (χ3n) is 1.26. The van der Waals surface area contributed by atoms with Gasteiger partial charge in [-0.15, -0.1) is 0 Å². The van der Waals surface area contributed by atoms with Crippen molar-refractivity contribution in [2.24, 2.45) is 5.73 Å². The van der Waals surface area contributed by atoms with Crippen LogP contribution in [0.15, 0.2) is 12.5 Å². The first kappa shape index (κ1) is 9.66. The van der Waals surface area contributed by atoms with Crippen LogP contribution in [0.4, 0.5) is 5.82 Å². The van der Waals surface area contributed by atoms with Crippen molar-refractivity contribution < 1.29 is 0 Å². The number of nitrogens with one attached hydrogen (secondary N) is 1. The Morgan fingerprint density at radius 2 is 2.50 bits per heavy atom. The molecular formula is C7H11IN4. The third-order valence-corrected chi connectivity index (χ3v) is 2.05. The quantitative estimate of drug-likeness (QED) is 0.804. The Hall–Kier alpha value is -0.430. The van der Waals surface area contributed by atoms with Crippen molar-refractivity contribution in [3.8, 4) is 0 Å². The monoisotopic (exact) mass is 278 g/mol. The number of halogens is 1. The van der Waals surface area contributed by atoms with Crippen molar-refractivity contribution in [1.29, 1.82) is 0 Å². The average Bonchev–Trinajstić information content (AvgIpc) is 2.03. The van der Waals surface area contributed by atoms with Gasteiger partial charge in [0.2, 0.25) is 0 Å². The number of anilines is 1. The van der Waals surface area contributed by atoms with Gasteiger partial charge in [-0.1, -0.05) is 0 Å². The second-order valence-corrected chi connectivity index (χ2v) is 3.74. The van der Waals surface area contributed by atoms with Crippen LogP contribution in [0.2, 0.25) is 0 Å². The van der Waals surface area contributed by atoms with Crippen molar-refractivity contribution in [3.63, 3.8) is 0 Å². The largest absolute Gasteiger partial charge is 0.368 e. The summed E-state index contributed by atoms with van der Waals surface area (Å²) in [6.45, 7) is 2.67. The first-order valence-electron chi connectivity index (χ1n) is 3.65. The Balaban J connectivity index is 2.57. The minimum Gasteiger partial charge on any atom is -0.368 e. The zero-order chi connectivity index (χ0) is 8.97. The van der Waals surface area contributed by atoms with Gasteiger partial charge in [0.25, 0.3) is 0 Å². The summed E-state index contributed by atoms with van der Waals surface area (Å²) in [6, 6.07) is 0.135. The molecule has 0 saturated carbocycles. The van der Waals surface area contributed by atoms with Crippen LogP contribution < -0.4 is 11.1 Å². The number of hydrogen-bond acceptors (Lipinski definition) is 4. The van der Waals surface area contributed by atoms with E-state index in [0.29, 0.717) is 0 Å². The lowest BCUT2D eigenvalue weighted by Crippen LogP contribution is -2.25. The average molecular weight is 278 g/mol. The van der Waals surface area contributed by atoms with Crippen LogP contribution in [0.1, 0.15) is 6.92 Å². The molecule has 0 amide bonds. The van der Waals surface area contributed by atoms with Crippen molar-refractivity contribution >= 4 is 28.4 Å². The van der Waals surface area contributed by atoms with E-state index in [-0.39, 0.29) is 6.04 Å². The molecule has 0 spiro atoms. The Kier molecular flexibility index (Phi) is 3.67. The van der Waals surface area contributed by atoms with Gasteiger partial charge in [-0.3, -0.25) is 0 Å². The third kappa shape index (κ3) is 2.90. The summed E-state index contributed by atoms with van der Waals surface area (Å²) in [5.41, 5.74) is 5.58. The Bertz CT molecular complexity index is 251. The minimum atomic E-state index is 0.135. The smallest absolute Gasteiger partial charge is 0.142 e. The van der Waals surface area contributed by atoms with Crippen LogP contribution in [0.25, 0.3) is 0 Å². The van der Waals surface area contributed by atoms with Crippen LogP contribution >= 0.6 is 22.6 Å². The number of hydrogen-bond donors (Lipinski definition) is 2. The molecule has 0 fully saturated rings. The van der Waals surface area contributed by atoms with Gasteiger partial charge in [0.05, 0.1) is 3.57 Å². The molecule has 0 radical (unpaired) electrons. The molecule has 1 heterocycles. The highest BCUT2D eigenvalue weighted by Gasteiger charge is 1.99. The standard InChI is InChI=1S/C7H11IN4/c1-5(9)2-11-7-6(8)3-10-4-12-7/h3-5H,2,9H2,1H3,(H,10,11,12). The molecule has 1 aromatic rings. The molecule has 1 atom stereocenters. The van der Waals surface area contributed by atoms with E-state index in [1.54, 1.807) is 6.20 Å². The van der Waals surface area contributed by atoms with Crippen LogP contribution in [0, 0.1) is 3.57 Å². The van der Waals surface area contributed by atoms with E-state index >= 15 is 0 Å². The van der Waals surface area contributed by atoms with E-state index in [1.807, 2.05) is 6.92 Å². The van der Waals surface area contributed by atoms with Gasteiger partial charge >= 0.3 is 0 Å². The highest BCUT2D eigenvalue weighted by atomic mass is 127. The minimum absolute atomic E-state index is 0.135. The van der Waals surface area contributed by atoms with Gasteiger partial charge in [-0.25, -0.2) is 9.97 Å². The van der Waals surface area contributed by atoms with Crippen LogP contribution in [-0.4, -0.2) is 22.6 Å². The fourth-order valence-corrected chi connectivity index (χ4v) is 1.19. The van der Waals surface area contributed by atoms with Crippen molar-refractivity contribution in [3.05, 3.63) is 16.1 Å². The van der Waals surface area contributed by atoms with Gasteiger partial charge in [0.1, 0.15) is 12.1 Å². The predicted molar refractivity (Wildman–Crippen MR) is 56.9 cm³/mol. The van der Waals surface area contributed by atoms with Gasteiger partial charge in [-0.05, 0) is 29.5 Å². The lowest BCUT2D eigenvalue weighted by molar-refractivity contribution is 0.776. The Labute approximate surface area is 85.1 Å². The first-order valence-corrected chi connectivity index (χ1v) is 4.73. The number of nitrogens with zero attached hydrogens (tertiary/aromatic N) is 2. The molecule has 3 N–H and O–H groups in total. The lowest BCUT2D eigenvalue weighted by atomic mass is 10.3. The Morgan fingerprint density at radius 3 is 3.08 bits per heavy atom. The summed E-state index contributed by atoms with van der Waals surface area (Å²) in [6.07, 6.45) is 3.28. The van der Waals surface area contributed by atoms with Crippen LogP contribution in [0.5, 0.6) is 0 Å². The molecule has 1 aromatic heterocycles. The topological polar surface area (TPSA) is 63.8 Å². The highest BCUT2D eigenvalue weighted by Crippen LogP contribution is 2.11. The summed E-state index contributed by atoms with van der Waals surface area (Å²) >= 11 is 2.18. The summed E-state index contributed by atoms with van der Waals surface area (Å²) in [5.74, 6) is 0.850. The molecule has 4 nitrogen and oxygen atoms in total. The van der Waals surface area contributed by atoms with E-state index in [1.165, 1.54) is 6.33 Å². The zero-order valence-electron chi connectivity index (χ0n) is 6.79. The maximum Gasteiger partial charge on any atom is 0.142 e. The van der Waals surface area contributed by atoms with E-state index in [0.717, 1.165) is 15.9 Å². The number of nitrogens with two attached hydrogens (primary N) is 1. The molecule has 0 aromatic carbocycles. The molecule has 0 aliphatic heterocycles. The molecule has 0 saturated heterocycles. The van der Waals surface area contributed by atoms with E-state index in [2.05, 4.69) is 37.9 Å². The molecule has 1 rings (SSSR count). The number of rotatable bonds is 3. The summed E-state index contributed by atoms with van der Waals surface area (Å²) in [7, 11) is 0. The summed E-state index contributed by atoms with van der Waals surface area (Å²) < 4.78 is 1.01. The molecule has 0 bridgehead atoms. The molecule has 12 heavy (non-hydrogen) atoms. The molecular weight excluding hydrogens is 267 g/mol. The van der Waals surface area contributed by atoms with Gasteiger partial charge in [0.15, 0.2) is 0 Å². The van der Waals surface area contributed by atoms with Gasteiger partial charge in [-0.2, -0.15) is 0 Å². The maximum atomic E-state index is 5.58. The van der Waals surface area contributed by atoms with Gasteiger partial charge in [0, 0.05) is 18.8 Å². The van der Waals surface area contributed by atoms with E-state index in [9.17, 15) is 0 Å². The normalized spacial score (nSPS) is 12.6. The first-order chi connectivity index (χ1) is 5.70. The van der Waals surface area contributed by atoms with Crippen molar-refractivity contribution in [2.75, 3.05) is 11.9 Å². The van der Waals surface area contributed by atoms with Crippen LogP contribution in [-0.2, 0) is 0 Å². The van der Waals surface area contributed by atoms with Crippen molar-refractivity contribution in [2.45, 2.75) is 13.0 Å². The van der Waals surface area contributed by atoms with E-state index < -0.39 is 0 Å². The predicted octanol–water partition coefficient (Wildman–Crippen LogP) is 0.840. The highest BCUT2D eigenvalue weighted by molar-refractivity contribution is 14.1. The molecule has 1 unspecified atom stereocenters. The molecule has 0 aliphatic carbocycles.